The number of urea groups is 1. The zero-order valence-corrected chi connectivity index (χ0v) is 13.5. The number of carbonyl (C=O) groups excluding carboxylic acids is 2. The average molecular weight is 330 g/mol. The molecule has 1 aliphatic heterocycles. The summed E-state index contributed by atoms with van der Waals surface area (Å²) in [5, 5.41) is 15.2. The standard InChI is InChI=1S/C17H22N4O3/c22-9-3-7-18-16(23)10-19-17(24)21-8-6-13-12-4-1-2-5-14(12)20-15(13)11-21/h1-2,4-5,20,22H,3,6-11H2,(H,18,23)(H,19,24). The fourth-order valence-corrected chi connectivity index (χ4v) is 3.00. The Balaban J connectivity index is 1.55. The van der Waals surface area contributed by atoms with E-state index in [1.807, 2.05) is 18.2 Å². The highest BCUT2D eigenvalue weighted by Gasteiger charge is 2.23. The quantitative estimate of drug-likeness (QED) is 0.609. The monoisotopic (exact) mass is 330 g/mol. The van der Waals surface area contributed by atoms with Crippen LogP contribution in [-0.2, 0) is 17.8 Å². The molecule has 0 aliphatic carbocycles. The van der Waals surface area contributed by atoms with E-state index in [1.165, 1.54) is 10.9 Å². The average Bonchev–Trinajstić information content (AvgIpc) is 2.97. The molecule has 3 amide bonds. The number of benzene rings is 1. The fourth-order valence-electron chi connectivity index (χ4n) is 3.00. The Hall–Kier alpha value is -2.54. The second-order valence-electron chi connectivity index (χ2n) is 5.89. The highest BCUT2D eigenvalue weighted by Crippen LogP contribution is 2.27. The highest BCUT2D eigenvalue weighted by molar-refractivity contribution is 5.86. The fraction of sp³-hybridized carbons (Fsp3) is 0.412. The molecular weight excluding hydrogens is 308 g/mol. The number of carbonyl (C=O) groups is 2. The van der Waals surface area contributed by atoms with Crippen molar-refractivity contribution >= 4 is 22.8 Å². The van der Waals surface area contributed by atoms with Gasteiger partial charge in [0.25, 0.3) is 0 Å². The van der Waals surface area contributed by atoms with Gasteiger partial charge in [-0.15, -0.1) is 0 Å². The third-order valence-electron chi connectivity index (χ3n) is 4.23. The van der Waals surface area contributed by atoms with E-state index in [2.05, 4.69) is 21.7 Å². The predicted octanol–water partition coefficient (Wildman–Crippen LogP) is 0.734. The first-order chi connectivity index (χ1) is 11.7. The Labute approximate surface area is 140 Å². The molecule has 0 atom stereocenters. The number of hydrogen-bond donors (Lipinski definition) is 4. The number of rotatable bonds is 5. The van der Waals surface area contributed by atoms with Crippen LogP contribution in [0, 0.1) is 0 Å². The van der Waals surface area contributed by atoms with Crippen molar-refractivity contribution in [1.82, 2.24) is 20.5 Å². The van der Waals surface area contributed by atoms with Crippen molar-refractivity contribution < 1.29 is 14.7 Å². The zero-order chi connectivity index (χ0) is 16.9. The van der Waals surface area contributed by atoms with Crippen LogP contribution >= 0.6 is 0 Å². The number of H-pyrrole nitrogens is 1. The number of aliphatic hydroxyl groups excluding tert-OH is 1. The summed E-state index contributed by atoms with van der Waals surface area (Å²) in [4.78, 5) is 28.9. The Morgan fingerprint density at radius 1 is 1.25 bits per heavy atom. The first-order valence-corrected chi connectivity index (χ1v) is 8.18. The van der Waals surface area contributed by atoms with Gasteiger partial charge in [-0.1, -0.05) is 18.2 Å². The zero-order valence-electron chi connectivity index (χ0n) is 13.5. The molecule has 2 aromatic rings. The first kappa shape index (κ1) is 16.3. The van der Waals surface area contributed by atoms with E-state index in [-0.39, 0.29) is 25.1 Å². The number of hydrogen-bond acceptors (Lipinski definition) is 3. The number of fused-ring (bicyclic) bond motifs is 3. The summed E-state index contributed by atoms with van der Waals surface area (Å²) in [7, 11) is 0. The second-order valence-corrected chi connectivity index (χ2v) is 5.89. The first-order valence-electron chi connectivity index (χ1n) is 8.18. The van der Waals surface area contributed by atoms with Crippen LogP contribution in [0.3, 0.4) is 0 Å². The molecule has 128 valence electrons. The van der Waals surface area contributed by atoms with E-state index in [0.717, 1.165) is 17.6 Å². The summed E-state index contributed by atoms with van der Waals surface area (Å²) in [5.74, 6) is -0.250. The lowest BCUT2D eigenvalue weighted by Gasteiger charge is -2.27. The van der Waals surface area contributed by atoms with E-state index in [9.17, 15) is 9.59 Å². The van der Waals surface area contributed by atoms with Crippen LogP contribution in [-0.4, -0.2) is 53.2 Å². The van der Waals surface area contributed by atoms with Gasteiger partial charge in [0, 0.05) is 36.3 Å². The van der Waals surface area contributed by atoms with Crippen molar-refractivity contribution in [3.8, 4) is 0 Å². The smallest absolute Gasteiger partial charge is 0.318 e. The van der Waals surface area contributed by atoms with Crippen molar-refractivity contribution in [3.05, 3.63) is 35.5 Å². The summed E-state index contributed by atoms with van der Waals surface area (Å²) >= 11 is 0. The Bertz CT molecular complexity index is 741. The molecule has 0 saturated heterocycles. The molecule has 0 bridgehead atoms. The molecule has 1 aromatic heterocycles. The summed E-state index contributed by atoms with van der Waals surface area (Å²) in [6, 6.07) is 7.90. The van der Waals surface area contributed by atoms with Gasteiger partial charge in [-0.25, -0.2) is 4.79 Å². The lowest BCUT2D eigenvalue weighted by Crippen LogP contribution is -2.46. The molecule has 24 heavy (non-hydrogen) atoms. The topological polar surface area (TPSA) is 97.5 Å². The van der Waals surface area contributed by atoms with E-state index >= 15 is 0 Å². The minimum absolute atomic E-state index is 0.0350. The molecule has 4 N–H and O–H groups in total. The van der Waals surface area contributed by atoms with Gasteiger partial charge in [-0.3, -0.25) is 4.79 Å². The molecule has 7 heteroatoms. The molecule has 1 aromatic carbocycles. The number of aromatic amines is 1. The van der Waals surface area contributed by atoms with Crippen LogP contribution in [0.1, 0.15) is 17.7 Å². The molecule has 0 unspecified atom stereocenters. The Kier molecular flexibility index (Phi) is 5.00. The molecule has 7 nitrogen and oxygen atoms in total. The van der Waals surface area contributed by atoms with Crippen molar-refractivity contribution in [2.45, 2.75) is 19.4 Å². The maximum atomic E-state index is 12.2. The summed E-state index contributed by atoms with van der Waals surface area (Å²) in [5.41, 5.74) is 3.43. The third-order valence-corrected chi connectivity index (χ3v) is 4.23. The minimum Gasteiger partial charge on any atom is -0.396 e. The van der Waals surface area contributed by atoms with Crippen LogP contribution in [0.2, 0.25) is 0 Å². The largest absolute Gasteiger partial charge is 0.396 e. The van der Waals surface area contributed by atoms with Crippen molar-refractivity contribution in [3.63, 3.8) is 0 Å². The number of aromatic nitrogens is 1. The van der Waals surface area contributed by atoms with Crippen LogP contribution in [0.25, 0.3) is 10.9 Å². The van der Waals surface area contributed by atoms with Crippen LogP contribution < -0.4 is 10.6 Å². The van der Waals surface area contributed by atoms with E-state index in [1.54, 1.807) is 4.90 Å². The van der Waals surface area contributed by atoms with Crippen LogP contribution in [0.15, 0.2) is 24.3 Å². The van der Waals surface area contributed by atoms with Gasteiger partial charge in [0.1, 0.15) is 0 Å². The molecule has 3 rings (SSSR count). The maximum Gasteiger partial charge on any atom is 0.318 e. The predicted molar refractivity (Wildman–Crippen MR) is 90.5 cm³/mol. The van der Waals surface area contributed by atoms with Crippen molar-refractivity contribution in [2.24, 2.45) is 0 Å². The number of amides is 3. The van der Waals surface area contributed by atoms with E-state index in [0.29, 0.717) is 26.1 Å². The third kappa shape index (κ3) is 3.51. The van der Waals surface area contributed by atoms with Gasteiger partial charge in [-0.2, -0.15) is 0 Å². The van der Waals surface area contributed by atoms with Crippen LogP contribution in [0.5, 0.6) is 0 Å². The number of aliphatic hydroxyl groups is 1. The summed E-state index contributed by atoms with van der Waals surface area (Å²) in [6.45, 7) is 1.54. The molecule has 0 spiro atoms. The summed E-state index contributed by atoms with van der Waals surface area (Å²) < 4.78 is 0. The molecular formula is C17H22N4O3. The van der Waals surface area contributed by atoms with Gasteiger partial charge in [0.05, 0.1) is 13.1 Å². The lowest BCUT2D eigenvalue weighted by atomic mass is 10.0. The second kappa shape index (κ2) is 7.35. The van der Waals surface area contributed by atoms with Gasteiger partial charge in [0.2, 0.25) is 5.91 Å². The highest BCUT2D eigenvalue weighted by atomic mass is 16.3. The Morgan fingerprint density at radius 2 is 2.08 bits per heavy atom. The van der Waals surface area contributed by atoms with Crippen LogP contribution in [0.4, 0.5) is 4.79 Å². The van der Waals surface area contributed by atoms with E-state index in [4.69, 9.17) is 5.11 Å². The van der Waals surface area contributed by atoms with Gasteiger partial charge in [0.15, 0.2) is 0 Å². The van der Waals surface area contributed by atoms with Gasteiger partial charge < -0.3 is 25.6 Å². The number of para-hydroxylation sites is 1. The molecule has 1 aliphatic rings. The minimum atomic E-state index is -0.250. The lowest BCUT2D eigenvalue weighted by molar-refractivity contribution is -0.120. The molecule has 0 fully saturated rings. The molecule has 0 saturated carbocycles. The number of nitrogens with one attached hydrogen (secondary N) is 3. The molecule has 0 radical (unpaired) electrons. The van der Waals surface area contributed by atoms with Gasteiger partial charge >= 0.3 is 6.03 Å². The SMILES string of the molecule is O=C(CNC(=O)N1CCc2c([nH]c3ccccc23)C1)NCCCO. The normalized spacial score (nSPS) is 13.6. The van der Waals surface area contributed by atoms with Crippen molar-refractivity contribution in [2.75, 3.05) is 26.2 Å². The van der Waals surface area contributed by atoms with Crippen molar-refractivity contribution in [1.29, 1.82) is 0 Å². The summed E-state index contributed by atoms with van der Waals surface area (Å²) in [6.07, 6.45) is 1.31. The Morgan fingerprint density at radius 3 is 2.92 bits per heavy atom. The number of nitrogens with zero attached hydrogens (tertiary/aromatic N) is 1. The van der Waals surface area contributed by atoms with E-state index < -0.39 is 0 Å². The van der Waals surface area contributed by atoms with Gasteiger partial charge in [-0.05, 0) is 24.5 Å². The molecule has 2 heterocycles. The maximum absolute atomic E-state index is 12.2.